The van der Waals surface area contributed by atoms with Crippen LogP contribution >= 0.6 is 0 Å². The molecule has 204 valence electrons. The van der Waals surface area contributed by atoms with Crippen molar-refractivity contribution in [3.05, 3.63) is 71.3 Å². The van der Waals surface area contributed by atoms with E-state index in [1.54, 1.807) is 63.2 Å². The van der Waals surface area contributed by atoms with Crippen LogP contribution in [0, 0.1) is 6.92 Å². The third-order valence-corrected chi connectivity index (χ3v) is 5.02. The third-order valence-electron chi connectivity index (χ3n) is 5.02. The fraction of sp³-hybridized carbons (Fsp3) is 0.370. The van der Waals surface area contributed by atoms with E-state index in [4.69, 9.17) is 9.47 Å². The Kier molecular flexibility index (Phi) is 10.8. The monoisotopic (exact) mass is 526 g/mol. The molecular formula is C27H34N4O7. The Hall–Kier alpha value is -4.41. The van der Waals surface area contributed by atoms with Gasteiger partial charge in [0.2, 0.25) is 0 Å². The molecule has 0 fully saturated rings. The van der Waals surface area contributed by atoms with Gasteiger partial charge in [0.25, 0.3) is 11.8 Å². The number of ether oxygens (including phenoxy) is 2. The number of aryl methyl sites for hydroxylation is 1. The van der Waals surface area contributed by atoms with Gasteiger partial charge in [0.05, 0.1) is 0 Å². The molecule has 11 heteroatoms. The van der Waals surface area contributed by atoms with Crippen molar-refractivity contribution in [3.8, 4) is 0 Å². The first-order valence-corrected chi connectivity index (χ1v) is 12.0. The molecule has 0 radical (unpaired) electrons. The standard InChI is InChI=1S/C27H34N4O7/c1-17-11-13-20(14-12-17)16-37-25(35)24(34)29-21(15-19-9-7-6-8-10-19)23(33)31-30-22(32)18(2)28-26(36)38-27(3,4)5/h6-14,18,21H,15-16H2,1-5H3,(H,28,36)(H,29,34)(H,30,32)(H,31,33)/t18-,21-/m0/s1. The summed E-state index contributed by atoms with van der Waals surface area (Å²) in [5, 5.41) is 4.71. The van der Waals surface area contributed by atoms with Gasteiger partial charge in [-0.05, 0) is 45.7 Å². The maximum atomic E-state index is 12.8. The van der Waals surface area contributed by atoms with Gasteiger partial charge < -0.3 is 20.1 Å². The van der Waals surface area contributed by atoms with Crippen LogP contribution in [0.3, 0.4) is 0 Å². The van der Waals surface area contributed by atoms with E-state index >= 15 is 0 Å². The molecule has 0 heterocycles. The number of hydrogen-bond donors (Lipinski definition) is 4. The van der Waals surface area contributed by atoms with Gasteiger partial charge in [0.15, 0.2) is 0 Å². The van der Waals surface area contributed by atoms with Crippen LogP contribution in [0.4, 0.5) is 4.79 Å². The van der Waals surface area contributed by atoms with Crippen LogP contribution in [-0.4, -0.2) is 47.5 Å². The summed E-state index contributed by atoms with van der Waals surface area (Å²) in [6.07, 6.45) is -0.768. The van der Waals surface area contributed by atoms with Crippen molar-refractivity contribution in [2.45, 2.75) is 65.3 Å². The van der Waals surface area contributed by atoms with Crippen molar-refractivity contribution in [2.24, 2.45) is 0 Å². The number of alkyl carbamates (subject to hydrolysis) is 1. The quantitative estimate of drug-likeness (QED) is 0.233. The molecule has 2 aromatic rings. The molecule has 4 N–H and O–H groups in total. The van der Waals surface area contributed by atoms with Crippen molar-refractivity contribution in [2.75, 3.05) is 0 Å². The zero-order chi connectivity index (χ0) is 28.3. The molecule has 0 aliphatic carbocycles. The number of carbonyl (C=O) groups excluding carboxylic acids is 5. The average Bonchev–Trinajstić information content (AvgIpc) is 2.85. The molecule has 11 nitrogen and oxygen atoms in total. The van der Waals surface area contributed by atoms with Crippen LogP contribution in [0.25, 0.3) is 0 Å². The van der Waals surface area contributed by atoms with E-state index in [-0.39, 0.29) is 13.0 Å². The second kappa shape index (κ2) is 13.8. The number of hydrazine groups is 1. The Morgan fingerprint density at radius 3 is 2.03 bits per heavy atom. The van der Waals surface area contributed by atoms with E-state index in [2.05, 4.69) is 21.5 Å². The summed E-state index contributed by atoms with van der Waals surface area (Å²) in [5.74, 6) is -3.78. The minimum absolute atomic E-state index is 0.0330. The molecule has 0 bridgehead atoms. The van der Waals surface area contributed by atoms with Gasteiger partial charge in [0.1, 0.15) is 24.3 Å². The van der Waals surface area contributed by atoms with E-state index < -0.39 is 47.5 Å². The molecule has 0 saturated heterocycles. The molecule has 2 atom stereocenters. The predicted molar refractivity (Wildman–Crippen MR) is 138 cm³/mol. The topological polar surface area (TPSA) is 152 Å². The normalized spacial score (nSPS) is 12.3. The zero-order valence-corrected chi connectivity index (χ0v) is 22.1. The minimum atomic E-state index is -1.22. The Bertz CT molecular complexity index is 1130. The molecule has 0 aromatic heterocycles. The first-order chi connectivity index (χ1) is 17.8. The van der Waals surface area contributed by atoms with Crippen LogP contribution < -0.4 is 21.5 Å². The summed E-state index contributed by atoms with van der Waals surface area (Å²) in [4.78, 5) is 61.8. The Labute approximate surface area is 221 Å². The lowest BCUT2D eigenvalue weighted by Gasteiger charge is -2.22. The van der Waals surface area contributed by atoms with E-state index in [1.807, 2.05) is 19.1 Å². The lowest BCUT2D eigenvalue weighted by Crippen LogP contribution is -2.57. The number of esters is 1. The third kappa shape index (κ3) is 10.7. The average molecular weight is 527 g/mol. The van der Waals surface area contributed by atoms with Gasteiger partial charge in [-0.25, -0.2) is 9.59 Å². The van der Waals surface area contributed by atoms with Gasteiger partial charge in [-0.2, -0.15) is 0 Å². The second-order valence-electron chi connectivity index (χ2n) is 9.62. The van der Waals surface area contributed by atoms with Gasteiger partial charge in [-0.3, -0.25) is 25.2 Å². The fourth-order valence-corrected chi connectivity index (χ4v) is 3.04. The molecule has 2 aromatic carbocycles. The SMILES string of the molecule is Cc1ccc(COC(=O)C(=O)N[C@@H](Cc2ccccc2)C(=O)NNC(=O)[C@H](C)NC(=O)OC(C)(C)C)cc1. The van der Waals surface area contributed by atoms with Crippen LogP contribution in [0.15, 0.2) is 54.6 Å². The summed E-state index contributed by atoms with van der Waals surface area (Å²) in [7, 11) is 0. The number of hydrogen-bond acceptors (Lipinski definition) is 7. The highest BCUT2D eigenvalue weighted by molar-refractivity contribution is 6.32. The number of benzene rings is 2. The second-order valence-corrected chi connectivity index (χ2v) is 9.62. The minimum Gasteiger partial charge on any atom is -0.454 e. The highest BCUT2D eigenvalue weighted by Crippen LogP contribution is 2.07. The summed E-state index contributed by atoms with van der Waals surface area (Å²) in [6, 6.07) is 13.8. The van der Waals surface area contributed by atoms with Crippen molar-refractivity contribution in [3.63, 3.8) is 0 Å². The van der Waals surface area contributed by atoms with Crippen LogP contribution in [-0.2, 0) is 41.7 Å². The van der Waals surface area contributed by atoms with Crippen LogP contribution in [0.2, 0.25) is 0 Å². The molecule has 38 heavy (non-hydrogen) atoms. The van der Waals surface area contributed by atoms with E-state index in [0.717, 1.165) is 5.56 Å². The largest absolute Gasteiger partial charge is 0.454 e. The van der Waals surface area contributed by atoms with Crippen molar-refractivity contribution < 1.29 is 33.4 Å². The molecule has 2 rings (SSSR count). The van der Waals surface area contributed by atoms with Crippen molar-refractivity contribution >= 4 is 29.8 Å². The van der Waals surface area contributed by atoms with E-state index in [1.165, 1.54) is 6.92 Å². The summed E-state index contributed by atoms with van der Waals surface area (Å²) in [5.41, 5.74) is 6.10. The summed E-state index contributed by atoms with van der Waals surface area (Å²) in [6.45, 7) is 8.24. The number of carbonyl (C=O) groups is 5. The molecular weight excluding hydrogens is 492 g/mol. The van der Waals surface area contributed by atoms with Gasteiger partial charge in [-0.1, -0.05) is 60.2 Å². The zero-order valence-electron chi connectivity index (χ0n) is 22.1. The lowest BCUT2D eigenvalue weighted by molar-refractivity contribution is -0.156. The lowest BCUT2D eigenvalue weighted by atomic mass is 10.1. The summed E-state index contributed by atoms with van der Waals surface area (Å²) >= 11 is 0. The van der Waals surface area contributed by atoms with Crippen LogP contribution in [0.5, 0.6) is 0 Å². The fourth-order valence-electron chi connectivity index (χ4n) is 3.04. The molecule has 0 aliphatic heterocycles. The first kappa shape index (κ1) is 29.8. The first-order valence-electron chi connectivity index (χ1n) is 12.0. The predicted octanol–water partition coefficient (Wildman–Crippen LogP) is 1.83. The molecule has 0 aliphatic rings. The maximum Gasteiger partial charge on any atom is 0.408 e. The van der Waals surface area contributed by atoms with Gasteiger partial charge in [0, 0.05) is 6.42 Å². The molecule has 0 saturated carbocycles. The summed E-state index contributed by atoms with van der Waals surface area (Å²) < 4.78 is 10.2. The Morgan fingerprint density at radius 2 is 1.42 bits per heavy atom. The maximum absolute atomic E-state index is 12.8. The van der Waals surface area contributed by atoms with Gasteiger partial charge in [-0.15, -0.1) is 0 Å². The van der Waals surface area contributed by atoms with Crippen molar-refractivity contribution in [1.82, 2.24) is 21.5 Å². The Morgan fingerprint density at radius 1 is 0.816 bits per heavy atom. The highest BCUT2D eigenvalue weighted by atomic mass is 16.6. The van der Waals surface area contributed by atoms with E-state index in [0.29, 0.717) is 11.1 Å². The highest BCUT2D eigenvalue weighted by Gasteiger charge is 2.27. The Balaban J connectivity index is 1.97. The number of nitrogens with one attached hydrogen (secondary N) is 4. The molecule has 4 amide bonds. The van der Waals surface area contributed by atoms with Gasteiger partial charge >= 0.3 is 18.0 Å². The molecule has 0 unspecified atom stereocenters. The smallest absolute Gasteiger partial charge is 0.408 e. The number of amides is 4. The molecule has 0 spiro atoms. The number of rotatable bonds is 8. The van der Waals surface area contributed by atoms with Crippen LogP contribution in [0.1, 0.15) is 44.4 Å². The van der Waals surface area contributed by atoms with Crippen molar-refractivity contribution in [1.29, 1.82) is 0 Å². The van der Waals surface area contributed by atoms with E-state index in [9.17, 15) is 24.0 Å².